The van der Waals surface area contributed by atoms with Crippen molar-refractivity contribution in [2.24, 2.45) is 11.8 Å². The molecule has 4 nitrogen and oxygen atoms in total. The van der Waals surface area contributed by atoms with Crippen molar-refractivity contribution in [2.45, 2.75) is 40.2 Å². The Hall–Kier alpha value is -1.69. The fraction of sp³-hybridized carbons (Fsp3) is 0.560. The van der Waals surface area contributed by atoms with Crippen LogP contribution in [0, 0.1) is 25.7 Å². The zero-order valence-electron chi connectivity index (χ0n) is 19.1. The fourth-order valence-electron chi connectivity index (χ4n) is 4.47. The van der Waals surface area contributed by atoms with Crippen LogP contribution in [0.15, 0.2) is 36.4 Å². The van der Waals surface area contributed by atoms with Gasteiger partial charge in [0.15, 0.2) is 0 Å². The highest BCUT2D eigenvalue weighted by Gasteiger charge is 2.36. The summed E-state index contributed by atoms with van der Waals surface area (Å²) in [5.74, 6) is 1.40. The van der Waals surface area contributed by atoms with Crippen molar-refractivity contribution in [2.75, 3.05) is 39.9 Å². The van der Waals surface area contributed by atoms with E-state index in [-0.39, 0.29) is 12.5 Å². The largest absolute Gasteiger partial charge is 0.375 e. The molecular formula is C25H36N2O2S. The fourth-order valence-corrected chi connectivity index (χ4v) is 5.41. The molecule has 1 aromatic heterocycles. The Balaban J connectivity index is 1.79. The van der Waals surface area contributed by atoms with E-state index in [0.717, 1.165) is 32.7 Å². The molecule has 0 spiro atoms. The molecule has 0 bridgehead atoms. The lowest BCUT2D eigenvalue weighted by atomic mass is 9.88. The van der Waals surface area contributed by atoms with Crippen molar-refractivity contribution in [3.05, 3.63) is 57.3 Å². The summed E-state index contributed by atoms with van der Waals surface area (Å²) in [7, 11) is 1.60. The van der Waals surface area contributed by atoms with E-state index < -0.39 is 0 Å². The van der Waals surface area contributed by atoms with E-state index in [0.29, 0.717) is 17.8 Å². The standard InChI is InChI=1S/C25H36N2O2S/c1-18(2)12-27(25(28)17-29-5)14-22-13-26(15-23-11-8-20(4)30-23)16-24(22)21-9-6-19(3)7-10-21/h6-11,18,22,24H,12-17H2,1-5H3. The average molecular weight is 429 g/mol. The van der Waals surface area contributed by atoms with Gasteiger partial charge >= 0.3 is 0 Å². The first kappa shape index (κ1) is 23.0. The lowest BCUT2D eigenvalue weighted by molar-refractivity contribution is -0.136. The Morgan fingerprint density at radius 1 is 1.17 bits per heavy atom. The predicted octanol–water partition coefficient (Wildman–Crippen LogP) is 4.71. The lowest BCUT2D eigenvalue weighted by Crippen LogP contribution is -2.41. The van der Waals surface area contributed by atoms with Gasteiger partial charge in [0.2, 0.25) is 5.91 Å². The van der Waals surface area contributed by atoms with Gasteiger partial charge in [0, 0.05) is 55.5 Å². The number of hydrogen-bond donors (Lipinski definition) is 0. The van der Waals surface area contributed by atoms with Crippen LogP contribution in [0.4, 0.5) is 0 Å². The maximum absolute atomic E-state index is 12.7. The highest BCUT2D eigenvalue weighted by molar-refractivity contribution is 7.11. The van der Waals surface area contributed by atoms with E-state index >= 15 is 0 Å². The van der Waals surface area contributed by atoms with Crippen LogP contribution in [-0.4, -0.2) is 55.6 Å². The normalized spacial score (nSPS) is 19.5. The molecule has 3 rings (SSSR count). The van der Waals surface area contributed by atoms with Crippen LogP contribution in [0.2, 0.25) is 0 Å². The Morgan fingerprint density at radius 2 is 1.90 bits per heavy atom. The van der Waals surface area contributed by atoms with Crippen molar-refractivity contribution in [3.63, 3.8) is 0 Å². The van der Waals surface area contributed by atoms with E-state index in [4.69, 9.17) is 4.74 Å². The molecule has 1 aliphatic heterocycles. The molecule has 0 saturated carbocycles. The van der Waals surface area contributed by atoms with Crippen LogP contribution in [0.3, 0.4) is 0 Å². The third-order valence-corrected chi connectivity index (χ3v) is 6.84. The summed E-state index contributed by atoms with van der Waals surface area (Å²) in [6, 6.07) is 13.4. The first-order valence-corrected chi connectivity index (χ1v) is 11.8. The highest BCUT2D eigenvalue weighted by atomic mass is 32.1. The Morgan fingerprint density at radius 3 is 2.50 bits per heavy atom. The monoisotopic (exact) mass is 428 g/mol. The molecule has 0 N–H and O–H groups in total. The molecule has 1 fully saturated rings. The van der Waals surface area contributed by atoms with Gasteiger partial charge < -0.3 is 9.64 Å². The summed E-state index contributed by atoms with van der Waals surface area (Å²) < 4.78 is 5.16. The minimum atomic E-state index is 0.0983. The van der Waals surface area contributed by atoms with Crippen molar-refractivity contribution in [3.8, 4) is 0 Å². The van der Waals surface area contributed by atoms with Crippen LogP contribution in [0.5, 0.6) is 0 Å². The number of hydrogen-bond acceptors (Lipinski definition) is 4. The molecule has 0 radical (unpaired) electrons. The maximum atomic E-state index is 12.7. The molecule has 2 unspecified atom stereocenters. The number of methoxy groups -OCH3 is 1. The molecule has 5 heteroatoms. The summed E-state index contributed by atoms with van der Waals surface area (Å²) in [6.45, 7) is 13.4. The molecule has 1 amide bonds. The predicted molar refractivity (Wildman–Crippen MR) is 125 cm³/mol. The summed E-state index contributed by atoms with van der Waals surface area (Å²) >= 11 is 1.89. The molecule has 2 aromatic rings. The first-order valence-electron chi connectivity index (χ1n) is 11.0. The minimum absolute atomic E-state index is 0.0983. The van der Waals surface area contributed by atoms with Gasteiger partial charge in [0.05, 0.1) is 0 Å². The van der Waals surface area contributed by atoms with E-state index in [9.17, 15) is 4.79 Å². The van der Waals surface area contributed by atoms with Gasteiger partial charge in [-0.15, -0.1) is 11.3 Å². The molecular weight excluding hydrogens is 392 g/mol. The summed E-state index contributed by atoms with van der Waals surface area (Å²) in [6.07, 6.45) is 0. The summed E-state index contributed by atoms with van der Waals surface area (Å²) in [5.41, 5.74) is 2.68. The smallest absolute Gasteiger partial charge is 0.248 e. The molecule has 0 aliphatic carbocycles. The van der Waals surface area contributed by atoms with Crippen LogP contribution >= 0.6 is 11.3 Å². The number of benzene rings is 1. The molecule has 2 heterocycles. The third-order valence-electron chi connectivity index (χ3n) is 5.86. The lowest BCUT2D eigenvalue weighted by Gasteiger charge is -2.30. The number of thiophene rings is 1. The molecule has 1 aromatic carbocycles. The zero-order valence-corrected chi connectivity index (χ0v) is 19.9. The second kappa shape index (κ2) is 10.6. The van der Waals surface area contributed by atoms with Gasteiger partial charge in [-0.25, -0.2) is 0 Å². The van der Waals surface area contributed by atoms with Gasteiger partial charge in [-0.3, -0.25) is 9.69 Å². The van der Waals surface area contributed by atoms with E-state index in [1.54, 1.807) is 7.11 Å². The highest BCUT2D eigenvalue weighted by Crippen LogP contribution is 2.35. The molecule has 164 valence electrons. The third kappa shape index (κ3) is 6.16. The van der Waals surface area contributed by atoms with Gasteiger partial charge in [-0.05, 0) is 43.4 Å². The van der Waals surface area contributed by atoms with Gasteiger partial charge in [0.1, 0.15) is 6.61 Å². The van der Waals surface area contributed by atoms with Crippen molar-refractivity contribution < 1.29 is 9.53 Å². The SMILES string of the molecule is COCC(=O)N(CC(C)C)CC1CN(Cc2ccc(C)s2)CC1c1ccc(C)cc1. The van der Waals surface area contributed by atoms with Gasteiger partial charge in [-0.1, -0.05) is 43.7 Å². The van der Waals surface area contributed by atoms with Crippen LogP contribution < -0.4 is 0 Å². The number of carbonyl (C=O) groups excluding carboxylic acids is 1. The second-order valence-electron chi connectivity index (χ2n) is 9.11. The van der Waals surface area contributed by atoms with E-state index in [1.807, 2.05) is 16.2 Å². The molecule has 2 atom stereocenters. The second-order valence-corrected chi connectivity index (χ2v) is 10.5. The first-order chi connectivity index (χ1) is 14.4. The van der Waals surface area contributed by atoms with E-state index in [1.165, 1.54) is 20.9 Å². The Bertz CT molecular complexity index is 815. The Labute approximate surface area is 185 Å². The molecule has 30 heavy (non-hydrogen) atoms. The Kier molecular flexibility index (Phi) is 8.09. The van der Waals surface area contributed by atoms with Crippen molar-refractivity contribution in [1.29, 1.82) is 0 Å². The van der Waals surface area contributed by atoms with Gasteiger partial charge in [0.25, 0.3) is 0 Å². The molecule has 1 aliphatic rings. The zero-order chi connectivity index (χ0) is 21.7. The van der Waals surface area contributed by atoms with Crippen LogP contribution in [0.1, 0.15) is 40.6 Å². The number of rotatable bonds is 9. The van der Waals surface area contributed by atoms with Crippen LogP contribution in [-0.2, 0) is 16.1 Å². The number of nitrogens with zero attached hydrogens (tertiary/aromatic N) is 2. The number of amides is 1. The quantitative estimate of drug-likeness (QED) is 0.580. The summed E-state index contributed by atoms with van der Waals surface area (Å²) in [5, 5.41) is 0. The van der Waals surface area contributed by atoms with Crippen molar-refractivity contribution in [1.82, 2.24) is 9.80 Å². The number of carbonyl (C=O) groups is 1. The number of likely N-dealkylation sites (tertiary alicyclic amines) is 1. The minimum Gasteiger partial charge on any atom is -0.375 e. The van der Waals surface area contributed by atoms with Crippen molar-refractivity contribution >= 4 is 17.2 Å². The van der Waals surface area contributed by atoms with E-state index in [2.05, 4.69) is 69.0 Å². The summed E-state index contributed by atoms with van der Waals surface area (Å²) in [4.78, 5) is 20.1. The maximum Gasteiger partial charge on any atom is 0.248 e. The average Bonchev–Trinajstić information content (AvgIpc) is 3.28. The number of aryl methyl sites for hydroxylation is 2. The van der Waals surface area contributed by atoms with Gasteiger partial charge in [-0.2, -0.15) is 0 Å². The topological polar surface area (TPSA) is 32.8 Å². The van der Waals surface area contributed by atoms with Crippen LogP contribution in [0.25, 0.3) is 0 Å². The molecule has 1 saturated heterocycles. The number of ether oxygens (including phenoxy) is 1.